The third kappa shape index (κ3) is 6.05. The molecule has 0 bridgehead atoms. The van der Waals surface area contributed by atoms with Gasteiger partial charge in [-0.15, -0.1) is 24.0 Å². The normalized spacial score (nSPS) is 11.3. The molecule has 26 heavy (non-hydrogen) atoms. The van der Waals surface area contributed by atoms with Crippen molar-refractivity contribution < 1.29 is 0 Å². The molecule has 2 heterocycles. The maximum atomic E-state index is 4.64. The first-order valence-electron chi connectivity index (χ1n) is 8.91. The van der Waals surface area contributed by atoms with Crippen LogP contribution in [-0.2, 0) is 13.0 Å². The van der Waals surface area contributed by atoms with Crippen molar-refractivity contribution in [2.45, 2.75) is 26.3 Å². The molecule has 3 N–H and O–H groups in total. The molecule has 6 nitrogen and oxygen atoms in total. The van der Waals surface area contributed by atoms with Gasteiger partial charge < -0.3 is 20.2 Å². The summed E-state index contributed by atoms with van der Waals surface area (Å²) in [6.07, 6.45) is 6.01. The van der Waals surface area contributed by atoms with E-state index in [2.05, 4.69) is 55.5 Å². The van der Waals surface area contributed by atoms with E-state index in [0.29, 0.717) is 0 Å². The van der Waals surface area contributed by atoms with Crippen LogP contribution in [0.4, 0.5) is 0 Å². The molecule has 140 valence electrons. The van der Waals surface area contributed by atoms with Crippen molar-refractivity contribution in [3.8, 4) is 0 Å². The maximum absolute atomic E-state index is 4.64. The number of aromatic amines is 1. The number of aromatic nitrogens is 3. The highest BCUT2D eigenvalue weighted by Gasteiger charge is 2.02. The number of guanidine groups is 1. The van der Waals surface area contributed by atoms with Crippen molar-refractivity contribution >= 4 is 41.0 Å². The number of halogens is 1. The third-order valence-corrected chi connectivity index (χ3v) is 3.95. The molecule has 0 fully saturated rings. The van der Waals surface area contributed by atoms with Gasteiger partial charge in [-0.2, -0.15) is 0 Å². The fourth-order valence-electron chi connectivity index (χ4n) is 2.73. The Hall–Kier alpha value is -2.03. The van der Waals surface area contributed by atoms with E-state index >= 15 is 0 Å². The fourth-order valence-corrected chi connectivity index (χ4v) is 2.73. The molecule has 0 radical (unpaired) electrons. The fraction of sp³-hybridized carbons (Fsp3) is 0.368. The van der Waals surface area contributed by atoms with Gasteiger partial charge in [0.05, 0.1) is 11.0 Å². The van der Waals surface area contributed by atoms with E-state index in [-0.39, 0.29) is 24.0 Å². The Labute approximate surface area is 171 Å². The molecule has 0 atom stereocenters. The van der Waals surface area contributed by atoms with Crippen LogP contribution < -0.4 is 10.6 Å². The number of imidazole rings is 1. The SMILES string of the molecule is CCNC(=NCCCc1nc2ccccc2[nH]1)NCCn1cccc1.I. The standard InChI is InChI=1S/C19H26N6.HI/c1-2-20-19(22-12-15-25-13-5-6-14-25)21-11-7-10-18-23-16-8-3-4-9-17(16)24-18;/h3-6,8-9,13-14H,2,7,10-12,15H2,1H3,(H,23,24)(H2,20,21,22);1H. The lowest BCUT2D eigenvalue weighted by molar-refractivity contribution is 0.664. The smallest absolute Gasteiger partial charge is 0.191 e. The highest BCUT2D eigenvalue weighted by atomic mass is 127. The van der Waals surface area contributed by atoms with Crippen LogP contribution in [0.2, 0.25) is 0 Å². The summed E-state index contributed by atoms with van der Waals surface area (Å²) >= 11 is 0. The number of hydrogen-bond donors (Lipinski definition) is 3. The number of rotatable bonds is 8. The summed E-state index contributed by atoms with van der Waals surface area (Å²) < 4.78 is 2.15. The summed E-state index contributed by atoms with van der Waals surface area (Å²) in [6, 6.07) is 12.2. The van der Waals surface area contributed by atoms with E-state index in [1.165, 1.54) is 0 Å². The summed E-state index contributed by atoms with van der Waals surface area (Å²) in [4.78, 5) is 12.6. The minimum Gasteiger partial charge on any atom is -0.357 e. The average molecular weight is 466 g/mol. The Morgan fingerprint density at radius 2 is 1.96 bits per heavy atom. The molecule has 7 heteroatoms. The third-order valence-electron chi connectivity index (χ3n) is 3.95. The lowest BCUT2D eigenvalue weighted by Crippen LogP contribution is -2.38. The van der Waals surface area contributed by atoms with Crippen molar-refractivity contribution in [1.82, 2.24) is 25.2 Å². The Kier molecular flexibility index (Phi) is 8.46. The highest BCUT2D eigenvalue weighted by Crippen LogP contribution is 2.11. The van der Waals surface area contributed by atoms with Crippen LogP contribution in [0.5, 0.6) is 0 Å². The molecule has 0 amide bonds. The number of hydrogen-bond acceptors (Lipinski definition) is 2. The molecule has 3 aromatic rings. The number of benzene rings is 1. The Morgan fingerprint density at radius 1 is 1.15 bits per heavy atom. The molecule has 1 aromatic carbocycles. The minimum absolute atomic E-state index is 0. The largest absolute Gasteiger partial charge is 0.357 e. The molecule has 0 aliphatic heterocycles. The number of aryl methyl sites for hydroxylation is 1. The van der Waals surface area contributed by atoms with Crippen molar-refractivity contribution in [1.29, 1.82) is 0 Å². The van der Waals surface area contributed by atoms with Crippen LogP contribution >= 0.6 is 24.0 Å². The molecule has 2 aromatic heterocycles. The zero-order valence-electron chi connectivity index (χ0n) is 15.1. The van der Waals surface area contributed by atoms with Crippen molar-refractivity contribution in [3.05, 3.63) is 54.6 Å². The van der Waals surface area contributed by atoms with Crippen LogP contribution in [0, 0.1) is 0 Å². The van der Waals surface area contributed by atoms with Gasteiger partial charge in [-0.25, -0.2) is 4.98 Å². The van der Waals surface area contributed by atoms with E-state index in [4.69, 9.17) is 0 Å². The number of para-hydroxylation sites is 2. The molecule has 0 unspecified atom stereocenters. The summed E-state index contributed by atoms with van der Waals surface area (Å²) in [7, 11) is 0. The second-order valence-electron chi connectivity index (χ2n) is 5.91. The van der Waals surface area contributed by atoms with E-state index < -0.39 is 0 Å². The topological polar surface area (TPSA) is 70.0 Å². The second kappa shape index (κ2) is 10.8. The molecule has 0 saturated carbocycles. The zero-order chi connectivity index (χ0) is 17.3. The summed E-state index contributed by atoms with van der Waals surface area (Å²) in [6.45, 7) is 5.49. The molecule has 0 spiro atoms. The number of H-pyrrole nitrogens is 1. The van der Waals surface area contributed by atoms with Crippen LogP contribution in [0.15, 0.2) is 53.8 Å². The molecular formula is C19H27IN6. The average Bonchev–Trinajstić information content (AvgIpc) is 3.27. The second-order valence-corrected chi connectivity index (χ2v) is 5.91. The van der Waals surface area contributed by atoms with Crippen molar-refractivity contribution in [3.63, 3.8) is 0 Å². The minimum atomic E-state index is 0. The van der Waals surface area contributed by atoms with Gasteiger partial charge in [0, 0.05) is 45.0 Å². The van der Waals surface area contributed by atoms with Crippen LogP contribution in [0.3, 0.4) is 0 Å². The molecule has 0 saturated heterocycles. The maximum Gasteiger partial charge on any atom is 0.191 e. The first kappa shape index (κ1) is 20.3. The highest BCUT2D eigenvalue weighted by molar-refractivity contribution is 14.0. The molecule has 0 aliphatic rings. The van der Waals surface area contributed by atoms with Gasteiger partial charge in [-0.1, -0.05) is 12.1 Å². The van der Waals surface area contributed by atoms with Gasteiger partial charge in [0.2, 0.25) is 0 Å². The Bertz CT molecular complexity index is 760. The molecule has 0 aliphatic carbocycles. The first-order valence-corrected chi connectivity index (χ1v) is 8.91. The summed E-state index contributed by atoms with van der Waals surface area (Å²) in [5.41, 5.74) is 2.13. The Morgan fingerprint density at radius 3 is 2.73 bits per heavy atom. The van der Waals surface area contributed by atoms with Gasteiger partial charge >= 0.3 is 0 Å². The summed E-state index contributed by atoms with van der Waals surface area (Å²) in [5, 5.41) is 6.66. The lowest BCUT2D eigenvalue weighted by Gasteiger charge is -2.11. The van der Waals surface area contributed by atoms with Crippen LogP contribution in [-0.4, -0.2) is 40.1 Å². The van der Waals surface area contributed by atoms with Gasteiger partial charge in [0.1, 0.15) is 5.82 Å². The number of nitrogens with one attached hydrogen (secondary N) is 3. The van der Waals surface area contributed by atoms with E-state index in [1.54, 1.807) is 0 Å². The monoisotopic (exact) mass is 466 g/mol. The number of aliphatic imine (C=N–C) groups is 1. The quantitative estimate of drug-likeness (QED) is 0.207. The Balaban J connectivity index is 0.00000243. The molecule has 3 rings (SSSR count). The lowest BCUT2D eigenvalue weighted by atomic mass is 10.3. The van der Waals surface area contributed by atoms with Gasteiger partial charge in [-0.3, -0.25) is 4.99 Å². The molecular weight excluding hydrogens is 439 g/mol. The van der Waals surface area contributed by atoms with E-state index in [1.807, 2.05) is 30.3 Å². The van der Waals surface area contributed by atoms with Crippen LogP contribution in [0.25, 0.3) is 11.0 Å². The van der Waals surface area contributed by atoms with E-state index in [9.17, 15) is 0 Å². The van der Waals surface area contributed by atoms with Gasteiger partial charge in [0.15, 0.2) is 5.96 Å². The predicted molar refractivity (Wildman–Crippen MR) is 118 cm³/mol. The predicted octanol–water partition coefficient (Wildman–Crippen LogP) is 3.17. The van der Waals surface area contributed by atoms with Gasteiger partial charge in [0.25, 0.3) is 0 Å². The number of nitrogens with zero attached hydrogens (tertiary/aromatic N) is 3. The number of fused-ring (bicyclic) bond motifs is 1. The summed E-state index contributed by atoms with van der Waals surface area (Å²) in [5.74, 6) is 1.90. The van der Waals surface area contributed by atoms with Crippen molar-refractivity contribution in [2.24, 2.45) is 4.99 Å². The van der Waals surface area contributed by atoms with Gasteiger partial charge in [-0.05, 0) is 37.6 Å². The zero-order valence-corrected chi connectivity index (χ0v) is 17.4. The van der Waals surface area contributed by atoms with E-state index in [0.717, 1.165) is 61.8 Å². The first-order chi connectivity index (χ1) is 12.3. The van der Waals surface area contributed by atoms with Crippen molar-refractivity contribution in [2.75, 3.05) is 19.6 Å². The van der Waals surface area contributed by atoms with Crippen LogP contribution in [0.1, 0.15) is 19.2 Å².